The molecule has 0 N–H and O–H groups in total. The fourth-order valence-corrected chi connectivity index (χ4v) is 7.55. The Balaban J connectivity index is 1.20. The van der Waals surface area contributed by atoms with E-state index >= 15 is 0 Å². The Labute approximate surface area is 265 Å². The Morgan fingerprint density at radius 3 is 1.87 bits per heavy atom. The Morgan fingerprint density at radius 2 is 0.978 bits per heavy atom. The first-order valence-corrected chi connectivity index (χ1v) is 16.0. The van der Waals surface area contributed by atoms with E-state index in [4.69, 9.17) is 4.42 Å². The minimum Gasteiger partial charge on any atom is -0.456 e. The van der Waals surface area contributed by atoms with E-state index in [9.17, 15) is 0 Å². The Morgan fingerprint density at radius 1 is 0.356 bits per heavy atom. The van der Waals surface area contributed by atoms with E-state index in [1.165, 1.54) is 31.3 Å². The van der Waals surface area contributed by atoms with Crippen molar-refractivity contribution >= 4 is 70.5 Å². The highest BCUT2D eigenvalue weighted by molar-refractivity contribution is 7.25. The van der Waals surface area contributed by atoms with E-state index < -0.39 is 0 Å². The highest BCUT2D eigenvalue weighted by Gasteiger charge is 2.16. The monoisotopic (exact) mass is 593 g/mol. The van der Waals surface area contributed by atoms with Crippen molar-refractivity contribution in [2.75, 3.05) is 4.90 Å². The van der Waals surface area contributed by atoms with Crippen molar-refractivity contribution < 1.29 is 4.42 Å². The summed E-state index contributed by atoms with van der Waals surface area (Å²) in [6.07, 6.45) is 0. The number of benzene rings is 7. The lowest BCUT2D eigenvalue weighted by Crippen LogP contribution is -2.10. The number of hydrogen-bond donors (Lipinski definition) is 0. The van der Waals surface area contributed by atoms with E-state index in [0.717, 1.165) is 50.1 Å². The average Bonchev–Trinajstić information content (AvgIpc) is 3.67. The molecular formula is C42H27NOS. The van der Waals surface area contributed by atoms with Gasteiger partial charge in [-0.25, -0.2) is 0 Å². The van der Waals surface area contributed by atoms with Crippen LogP contribution < -0.4 is 4.90 Å². The quantitative estimate of drug-likeness (QED) is 0.197. The van der Waals surface area contributed by atoms with Crippen LogP contribution in [0.2, 0.25) is 0 Å². The van der Waals surface area contributed by atoms with E-state index in [0.29, 0.717) is 0 Å². The van der Waals surface area contributed by atoms with Crippen LogP contribution in [0.4, 0.5) is 17.1 Å². The van der Waals surface area contributed by atoms with E-state index in [1.54, 1.807) is 0 Å². The van der Waals surface area contributed by atoms with Crippen LogP contribution in [0.5, 0.6) is 0 Å². The fraction of sp³-hybridized carbons (Fsp3) is 0. The van der Waals surface area contributed by atoms with Gasteiger partial charge in [0.05, 0.1) is 0 Å². The molecule has 45 heavy (non-hydrogen) atoms. The standard InChI is InChI=1S/C42H27NOS/c1-2-9-28(10-3-1)29-17-20-32(21-18-29)43(34-22-24-42-38(27-34)36-14-5-7-16-41(36)45-42)33-12-8-11-30(25-33)31-19-23-40-37(26-31)35-13-4-6-15-39(35)44-40/h1-27H. The van der Waals surface area contributed by atoms with Gasteiger partial charge in [0.25, 0.3) is 0 Å². The van der Waals surface area contributed by atoms with E-state index in [2.05, 4.69) is 157 Å². The lowest BCUT2D eigenvalue weighted by atomic mass is 10.0. The van der Waals surface area contributed by atoms with Crippen LogP contribution in [0.3, 0.4) is 0 Å². The van der Waals surface area contributed by atoms with Gasteiger partial charge in [0, 0.05) is 48.0 Å². The van der Waals surface area contributed by atoms with Crippen molar-refractivity contribution in [3.05, 3.63) is 164 Å². The minimum atomic E-state index is 0.910. The first-order chi connectivity index (χ1) is 22.3. The van der Waals surface area contributed by atoms with Gasteiger partial charge in [-0.15, -0.1) is 11.3 Å². The van der Waals surface area contributed by atoms with Gasteiger partial charge in [0.15, 0.2) is 0 Å². The van der Waals surface area contributed by atoms with Gasteiger partial charge in [-0.2, -0.15) is 0 Å². The van der Waals surface area contributed by atoms with Crippen LogP contribution in [0, 0.1) is 0 Å². The summed E-state index contributed by atoms with van der Waals surface area (Å²) in [5.74, 6) is 0. The third kappa shape index (κ3) is 4.48. The average molecular weight is 594 g/mol. The van der Waals surface area contributed by atoms with Crippen LogP contribution >= 0.6 is 11.3 Å². The predicted octanol–water partition coefficient (Wildman–Crippen LogP) is 12.8. The molecule has 0 spiro atoms. The number of para-hydroxylation sites is 1. The number of nitrogens with zero attached hydrogens (tertiary/aromatic N) is 1. The van der Waals surface area contributed by atoms with Crippen molar-refractivity contribution in [1.82, 2.24) is 0 Å². The molecule has 0 atom stereocenters. The molecule has 2 aromatic heterocycles. The summed E-state index contributed by atoms with van der Waals surface area (Å²) in [5.41, 5.74) is 9.92. The first kappa shape index (κ1) is 25.8. The Kier molecular flexibility index (Phi) is 6.03. The molecule has 0 aliphatic rings. The van der Waals surface area contributed by atoms with Crippen LogP contribution in [0.1, 0.15) is 0 Å². The fourth-order valence-electron chi connectivity index (χ4n) is 6.46. The van der Waals surface area contributed by atoms with Crippen molar-refractivity contribution in [2.45, 2.75) is 0 Å². The summed E-state index contributed by atoms with van der Waals surface area (Å²) in [4.78, 5) is 2.37. The van der Waals surface area contributed by atoms with Crippen LogP contribution in [0.15, 0.2) is 168 Å². The third-order valence-corrected chi connectivity index (χ3v) is 9.82. The first-order valence-electron chi connectivity index (χ1n) is 15.2. The molecule has 0 saturated heterocycles. The largest absolute Gasteiger partial charge is 0.456 e. The molecule has 0 aliphatic heterocycles. The predicted molar refractivity (Wildman–Crippen MR) is 192 cm³/mol. The van der Waals surface area contributed by atoms with Crippen LogP contribution in [0.25, 0.3) is 64.4 Å². The molecular weight excluding hydrogens is 567 g/mol. The van der Waals surface area contributed by atoms with Gasteiger partial charge in [0.2, 0.25) is 0 Å². The Hall–Kier alpha value is -5.64. The topological polar surface area (TPSA) is 16.4 Å². The highest BCUT2D eigenvalue weighted by atomic mass is 32.1. The van der Waals surface area contributed by atoms with Crippen molar-refractivity contribution in [2.24, 2.45) is 0 Å². The summed E-state index contributed by atoms with van der Waals surface area (Å²) >= 11 is 1.85. The van der Waals surface area contributed by atoms with Gasteiger partial charge >= 0.3 is 0 Å². The molecule has 0 saturated carbocycles. The summed E-state index contributed by atoms with van der Waals surface area (Å²) in [5, 5.41) is 4.86. The maximum absolute atomic E-state index is 6.11. The maximum atomic E-state index is 6.11. The lowest BCUT2D eigenvalue weighted by Gasteiger charge is -2.26. The zero-order valence-corrected chi connectivity index (χ0v) is 25.2. The number of anilines is 3. The highest BCUT2D eigenvalue weighted by Crippen LogP contribution is 2.42. The van der Waals surface area contributed by atoms with Crippen LogP contribution in [-0.2, 0) is 0 Å². The van der Waals surface area contributed by atoms with E-state index in [-0.39, 0.29) is 0 Å². The second-order valence-electron chi connectivity index (χ2n) is 11.4. The van der Waals surface area contributed by atoms with Gasteiger partial charge in [-0.3, -0.25) is 0 Å². The smallest absolute Gasteiger partial charge is 0.135 e. The second kappa shape index (κ2) is 10.5. The van der Waals surface area contributed by atoms with Gasteiger partial charge in [0.1, 0.15) is 11.2 Å². The van der Waals surface area contributed by atoms with Gasteiger partial charge in [-0.05, 0) is 89.0 Å². The molecule has 212 valence electrons. The van der Waals surface area contributed by atoms with Crippen molar-refractivity contribution in [1.29, 1.82) is 0 Å². The molecule has 9 rings (SSSR count). The maximum Gasteiger partial charge on any atom is 0.135 e. The molecule has 0 radical (unpaired) electrons. The Bertz CT molecular complexity index is 2490. The molecule has 0 bridgehead atoms. The van der Waals surface area contributed by atoms with Crippen molar-refractivity contribution in [3.8, 4) is 22.3 Å². The number of furan rings is 1. The summed E-state index contributed by atoms with van der Waals surface area (Å²) < 4.78 is 8.73. The normalized spacial score (nSPS) is 11.6. The number of fused-ring (bicyclic) bond motifs is 6. The van der Waals surface area contributed by atoms with Crippen LogP contribution in [-0.4, -0.2) is 0 Å². The summed E-state index contributed by atoms with van der Waals surface area (Å²) in [6.45, 7) is 0. The molecule has 2 nitrogen and oxygen atoms in total. The zero-order chi connectivity index (χ0) is 29.7. The zero-order valence-electron chi connectivity index (χ0n) is 24.4. The molecule has 2 heterocycles. The SMILES string of the molecule is c1ccc(-c2ccc(N(c3cccc(-c4ccc5oc6ccccc6c5c4)c3)c3ccc4sc5ccccc5c4c3)cc2)cc1. The number of hydrogen-bond acceptors (Lipinski definition) is 3. The van der Waals surface area contributed by atoms with Gasteiger partial charge < -0.3 is 9.32 Å². The summed E-state index contributed by atoms with van der Waals surface area (Å²) in [7, 11) is 0. The van der Waals surface area contributed by atoms with Crippen molar-refractivity contribution in [3.63, 3.8) is 0 Å². The number of thiophene rings is 1. The molecule has 0 fully saturated rings. The molecule has 7 aromatic carbocycles. The van der Waals surface area contributed by atoms with E-state index in [1.807, 2.05) is 23.5 Å². The molecule has 0 unspecified atom stereocenters. The minimum absolute atomic E-state index is 0.910. The molecule has 3 heteroatoms. The lowest BCUT2D eigenvalue weighted by molar-refractivity contribution is 0.669. The molecule has 9 aromatic rings. The van der Waals surface area contributed by atoms with Gasteiger partial charge in [-0.1, -0.05) is 97.1 Å². The number of rotatable bonds is 5. The molecule has 0 amide bonds. The second-order valence-corrected chi connectivity index (χ2v) is 12.5. The summed E-state index contributed by atoms with van der Waals surface area (Å²) in [6, 6.07) is 58.6. The third-order valence-electron chi connectivity index (χ3n) is 8.67. The molecule has 0 aliphatic carbocycles.